The van der Waals surface area contributed by atoms with Gasteiger partial charge >= 0.3 is 6.18 Å². The van der Waals surface area contributed by atoms with E-state index in [1.54, 1.807) is 0 Å². The molecule has 1 saturated carbocycles. The predicted molar refractivity (Wildman–Crippen MR) is 63.6 cm³/mol. The van der Waals surface area contributed by atoms with Gasteiger partial charge < -0.3 is 5.73 Å². The molecule has 1 aliphatic carbocycles. The van der Waals surface area contributed by atoms with Crippen LogP contribution in [0.15, 0.2) is 0 Å². The van der Waals surface area contributed by atoms with Crippen LogP contribution in [-0.2, 0) is 0 Å². The molecule has 0 radical (unpaired) electrons. The Morgan fingerprint density at radius 2 is 1.59 bits per heavy atom. The highest BCUT2D eigenvalue weighted by atomic mass is 19.4. The molecule has 2 N–H and O–H groups in total. The van der Waals surface area contributed by atoms with Gasteiger partial charge in [0.15, 0.2) is 0 Å². The van der Waals surface area contributed by atoms with Crippen molar-refractivity contribution in [2.45, 2.75) is 65.0 Å². The zero-order valence-electron chi connectivity index (χ0n) is 10.9. The fraction of sp³-hybridized carbons (Fsp3) is 1.00. The molecule has 0 aliphatic heterocycles. The van der Waals surface area contributed by atoms with Crippen molar-refractivity contribution in [3.63, 3.8) is 0 Å². The molecule has 0 heterocycles. The summed E-state index contributed by atoms with van der Waals surface area (Å²) in [6, 6.07) is 0. The number of nitrogens with two attached hydrogens (primary N) is 1. The molecule has 0 bridgehead atoms. The monoisotopic (exact) mass is 251 g/mol. The van der Waals surface area contributed by atoms with Crippen molar-refractivity contribution in [3.05, 3.63) is 0 Å². The van der Waals surface area contributed by atoms with Crippen LogP contribution in [0.25, 0.3) is 0 Å². The molecule has 1 rings (SSSR count). The first-order valence-electron chi connectivity index (χ1n) is 6.45. The maximum Gasteiger partial charge on any atom is 0.389 e. The summed E-state index contributed by atoms with van der Waals surface area (Å²) in [7, 11) is 0. The van der Waals surface area contributed by atoms with Crippen LogP contribution in [0.1, 0.15) is 58.8 Å². The summed E-state index contributed by atoms with van der Waals surface area (Å²) in [6.07, 6.45) is 0.275. The van der Waals surface area contributed by atoms with Gasteiger partial charge in [0.1, 0.15) is 0 Å². The largest absolute Gasteiger partial charge is 0.389 e. The number of hydrogen-bond donors (Lipinski definition) is 1. The lowest BCUT2D eigenvalue weighted by Crippen LogP contribution is -2.37. The van der Waals surface area contributed by atoms with Crippen LogP contribution in [0.2, 0.25) is 0 Å². The zero-order chi connectivity index (χ0) is 13.2. The van der Waals surface area contributed by atoms with Gasteiger partial charge in [0.05, 0.1) is 0 Å². The Hall–Kier alpha value is -0.250. The van der Waals surface area contributed by atoms with Gasteiger partial charge in [-0.05, 0) is 55.9 Å². The van der Waals surface area contributed by atoms with E-state index in [2.05, 4.69) is 13.8 Å². The Balaban J connectivity index is 2.43. The lowest BCUT2D eigenvalue weighted by Gasteiger charge is -2.43. The number of halogens is 3. The van der Waals surface area contributed by atoms with E-state index in [-0.39, 0.29) is 11.8 Å². The minimum Gasteiger partial charge on any atom is -0.330 e. The standard InChI is InChI=1S/C13H24F3N/c1-11(2)6-8-12(10-17,9-7-11)4-3-5-13(14,15)16/h3-10,17H2,1-2H3. The van der Waals surface area contributed by atoms with E-state index in [1.165, 1.54) is 0 Å². The summed E-state index contributed by atoms with van der Waals surface area (Å²) in [5.41, 5.74) is 6.10. The summed E-state index contributed by atoms with van der Waals surface area (Å²) in [5.74, 6) is 0. The second-order valence-electron chi connectivity index (χ2n) is 6.34. The Kier molecular flexibility index (Phi) is 4.50. The lowest BCUT2D eigenvalue weighted by molar-refractivity contribution is -0.137. The minimum atomic E-state index is -4.02. The van der Waals surface area contributed by atoms with Gasteiger partial charge in [-0.15, -0.1) is 0 Å². The maximum absolute atomic E-state index is 12.1. The molecule has 0 aromatic carbocycles. The quantitative estimate of drug-likeness (QED) is 0.793. The highest BCUT2D eigenvalue weighted by molar-refractivity contribution is 4.89. The van der Waals surface area contributed by atoms with Crippen molar-refractivity contribution in [2.24, 2.45) is 16.6 Å². The van der Waals surface area contributed by atoms with E-state index in [4.69, 9.17) is 5.73 Å². The van der Waals surface area contributed by atoms with Crippen LogP contribution in [0.4, 0.5) is 13.2 Å². The molecule has 17 heavy (non-hydrogen) atoms. The van der Waals surface area contributed by atoms with Crippen LogP contribution < -0.4 is 5.73 Å². The highest BCUT2D eigenvalue weighted by Crippen LogP contribution is 2.47. The maximum atomic E-state index is 12.1. The topological polar surface area (TPSA) is 26.0 Å². The first kappa shape index (κ1) is 14.8. The molecule has 0 aromatic rings. The van der Waals surface area contributed by atoms with Gasteiger partial charge in [-0.3, -0.25) is 0 Å². The van der Waals surface area contributed by atoms with E-state index < -0.39 is 12.6 Å². The summed E-state index contributed by atoms with van der Waals surface area (Å²) in [5, 5.41) is 0. The molecule has 1 fully saturated rings. The Bertz CT molecular complexity index is 236. The summed E-state index contributed by atoms with van der Waals surface area (Å²) in [4.78, 5) is 0. The van der Waals surface area contributed by atoms with Crippen molar-refractivity contribution < 1.29 is 13.2 Å². The van der Waals surface area contributed by atoms with Crippen LogP contribution in [-0.4, -0.2) is 12.7 Å². The van der Waals surface area contributed by atoms with Crippen molar-refractivity contribution in [3.8, 4) is 0 Å². The van der Waals surface area contributed by atoms with Crippen molar-refractivity contribution >= 4 is 0 Å². The Labute approximate surface area is 102 Å². The first-order valence-corrected chi connectivity index (χ1v) is 6.45. The third-order valence-electron chi connectivity index (χ3n) is 4.26. The highest BCUT2D eigenvalue weighted by Gasteiger charge is 2.38. The molecule has 0 aromatic heterocycles. The number of alkyl halides is 3. The smallest absolute Gasteiger partial charge is 0.330 e. The Morgan fingerprint density at radius 1 is 1.06 bits per heavy atom. The van der Waals surface area contributed by atoms with E-state index in [0.717, 1.165) is 25.7 Å². The van der Waals surface area contributed by atoms with Crippen molar-refractivity contribution in [1.29, 1.82) is 0 Å². The first-order chi connectivity index (χ1) is 7.68. The molecule has 0 unspecified atom stereocenters. The van der Waals surface area contributed by atoms with Gasteiger partial charge in [-0.25, -0.2) is 0 Å². The number of hydrogen-bond acceptors (Lipinski definition) is 1. The summed E-state index contributed by atoms with van der Waals surface area (Å²) in [6.45, 7) is 4.98. The fourth-order valence-electron chi connectivity index (χ4n) is 2.68. The second kappa shape index (κ2) is 5.17. The average Bonchev–Trinajstić information content (AvgIpc) is 2.19. The predicted octanol–water partition coefficient (Wildman–Crippen LogP) is 4.26. The molecule has 1 aliphatic rings. The Morgan fingerprint density at radius 3 is 2.00 bits per heavy atom. The van der Waals surface area contributed by atoms with Gasteiger partial charge in [0, 0.05) is 6.42 Å². The molecule has 102 valence electrons. The molecular formula is C13H24F3N. The average molecular weight is 251 g/mol. The molecule has 4 heteroatoms. The SMILES string of the molecule is CC1(C)CCC(CN)(CCCC(F)(F)F)CC1. The third-order valence-corrected chi connectivity index (χ3v) is 4.26. The molecule has 1 nitrogen and oxygen atoms in total. The van der Waals surface area contributed by atoms with Crippen LogP contribution in [0, 0.1) is 10.8 Å². The van der Waals surface area contributed by atoms with E-state index in [1.807, 2.05) is 0 Å². The van der Waals surface area contributed by atoms with Gasteiger partial charge in [0.2, 0.25) is 0 Å². The normalized spacial score (nSPS) is 23.6. The van der Waals surface area contributed by atoms with Crippen LogP contribution in [0.5, 0.6) is 0 Å². The van der Waals surface area contributed by atoms with Crippen molar-refractivity contribution in [2.75, 3.05) is 6.54 Å². The molecule has 0 amide bonds. The summed E-state index contributed by atoms with van der Waals surface area (Å²) >= 11 is 0. The van der Waals surface area contributed by atoms with Crippen LogP contribution in [0.3, 0.4) is 0 Å². The van der Waals surface area contributed by atoms with Gasteiger partial charge in [0.25, 0.3) is 0 Å². The van der Waals surface area contributed by atoms with E-state index in [9.17, 15) is 13.2 Å². The minimum absolute atomic E-state index is 0.0270. The molecule has 0 saturated heterocycles. The summed E-state index contributed by atoms with van der Waals surface area (Å²) < 4.78 is 36.4. The van der Waals surface area contributed by atoms with E-state index >= 15 is 0 Å². The van der Waals surface area contributed by atoms with E-state index in [0.29, 0.717) is 18.4 Å². The number of rotatable bonds is 4. The van der Waals surface area contributed by atoms with Crippen molar-refractivity contribution in [1.82, 2.24) is 0 Å². The second-order valence-corrected chi connectivity index (χ2v) is 6.34. The molecular weight excluding hydrogens is 227 g/mol. The third kappa shape index (κ3) is 4.86. The molecule has 0 spiro atoms. The lowest BCUT2D eigenvalue weighted by atomic mass is 9.63. The molecule has 0 atom stereocenters. The zero-order valence-corrected chi connectivity index (χ0v) is 10.9. The van der Waals surface area contributed by atoms with Gasteiger partial charge in [-0.2, -0.15) is 13.2 Å². The van der Waals surface area contributed by atoms with Crippen LogP contribution >= 0.6 is 0 Å². The van der Waals surface area contributed by atoms with Gasteiger partial charge in [-0.1, -0.05) is 13.8 Å². The fourth-order valence-corrected chi connectivity index (χ4v) is 2.68.